The van der Waals surface area contributed by atoms with Crippen molar-refractivity contribution in [2.45, 2.75) is 45.7 Å². The molecule has 0 bridgehead atoms. The molecule has 0 fully saturated rings. The summed E-state index contributed by atoms with van der Waals surface area (Å²) in [4.78, 5) is 0. The van der Waals surface area contributed by atoms with Crippen LogP contribution in [0.1, 0.15) is 31.7 Å². The van der Waals surface area contributed by atoms with E-state index >= 15 is 0 Å². The summed E-state index contributed by atoms with van der Waals surface area (Å²) in [7, 11) is 0. The van der Waals surface area contributed by atoms with Crippen LogP contribution in [-0.2, 0) is 19.4 Å². The van der Waals surface area contributed by atoms with Gasteiger partial charge in [-0.15, -0.1) is 0 Å². The van der Waals surface area contributed by atoms with E-state index < -0.39 is 0 Å². The Hall–Kier alpha value is -0.520. The minimum absolute atomic E-state index is 0.342. The number of aromatic nitrogens is 2. The highest BCUT2D eigenvalue weighted by molar-refractivity contribution is 7.98. The zero-order valence-electron chi connectivity index (χ0n) is 11.1. The lowest BCUT2D eigenvalue weighted by atomic mass is 10.1. The van der Waals surface area contributed by atoms with E-state index in [2.05, 4.69) is 41.4 Å². The van der Waals surface area contributed by atoms with Gasteiger partial charge in [0, 0.05) is 24.7 Å². The minimum Gasteiger partial charge on any atom is -0.271 e. The van der Waals surface area contributed by atoms with Crippen LogP contribution in [-0.4, -0.2) is 27.8 Å². The van der Waals surface area contributed by atoms with Crippen molar-refractivity contribution in [1.82, 2.24) is 15.2 Å². The molecule has 0 saturated heterocycles. The van der Waals surface area contributed by atoms with Crippen molar-refractivity contribution in [2.75, 3.05) is 12.0 Å². The van der Waals surface area contributed by atoms with E-state index in [1.165, 1.54) is 11.4 Å². The van der Waals surface area contributed by atoms with Crippen molar-refractivity contribution >= 4 is 11.8 Å². The van der Waals surface area contributed by atoms with Crippen LogP contribution in [0.4, 0.5) is 0 Å². The van der Waals surface area contributed by atoms with Crippen LogP contribution < -0.4 is 11.3 Å². The highest BCUT2D eigenvalue weighted by atomic mass is 32.2. The van der Waals surface area contributed by atoms with Gasteiger partial charge in [-0.05, 0) is 37.8 Å². The van der Waals surface area contributed by atoms with Crippen molar-refractivity contribution in [2.24, 2.45) is 5.84 Å². The van der Waals surface area contributed by atoms with Crippen molar-refractivity contribution in [3.63, 3.8) is 0 Å². The molecule has 1 aromatic heterocycles. The lowest BCUT2D eigenvalue weighted by Gasteiger charge is -2.15. The van der Waals surface area contributed by atoms with Crippen LogP contribution in [0.25, 0.3) is 0 Å². The number of hydrogen-bond acceptors (Lipinski definition) is 4. The Balaban J connectivity index is 2.67. The predicted molar refractivity (Wildman–Crippen MR) is 75.1 cm³/mol. The number of hydrogen-bond donors (Lipinski definition) is 2. The maximum atomic E-state index is 5.60. The minimum atomic E-state index is 0.342. The number of nitrogens with zero attached hydrogens (tertiary/aromatic N) is 2. The molecule has 1 aromatic rings. The molecule has 0 aliphatic carbocycles. The fourth-order valence-corrected chi connectivity index (χ4v) is 2.40. The number of rotatable bonds is 8. The Morgan fingerprint density at radius 1 is 1.53 bits per heavy atom. The average Bonchev–Trinajstić information content (AvgIpc) is 2.76. The quantitative estimate of drug-likeness (QED) is 0.548. The Kier molecular flexibility index (Phi) is 6.62. The van der Waals surface area contributed by atoms with Crippen molar-refractivity contribution in [1.29, 1.82) is 0 Å². The Morgan fingerprint density at radius 2 is 2.29 bits per heavy atom. The van der Waals surface area contributed by atoms with Gasteiger partial charge in [0.2, 0.25) is 0 Å². The van der Waals surface area contributed by atoms with Gasteiger partial charge in [-0.3, -0.25) is 16.0 Å². The zero-order chi connectivity index (χ0) is 12.7. The van der Waals surface area contributed by atoms with Gasteiger partial charge in [0.15, 0.2) is 0 Å². The summed E-state index contributed by atoms with van der Waals surface area (Å²) in [6, 6.07) is 2.54. The third-order valence-electron chi connectivity index (χ3n) is 2.94. The largest absolute Gasteiger partial charge is 0.271 e. The summed E-state index contributed by atoms with van der Waals surface area (Å²) >= 11 is 1.86. The first kappa shape index (κ1) is 14.5. The number of aryl methyl sites for hydroxylation is 2. The molecule has 0 radical (unpaired) electrons. The molecule has 0 spiro atoms. The van der Waals surface area contributed by atoms with E-state index in [1.807, 2.05) is 11.8 Å². The standard InChI is InChI=1S/C12H24N4S/c1-4-10-8-12(16(5-2)15-10)9-11(14-13)6-7-17-3/h8,11,14H,4-7,9,13H2,1-3H3. The Labute approximate surface area is 108 Å². The molecule has 5 heteroatoms. The normalized spacial score (nSPS) is 12.9. The number of hydrazine groups is 1. The van der Waals surface area contributed by atoms with Gasteiger partial charge < -0.3 is 0 Å². The predicted octanol–water partition coefficient (Wildman–Crippen LogP) is 1.59. The first-order valence-electron chi connectivity index (χ1n) is 6.25. The molecular formula is C12H24N4S. The maximum Gasteiger partial charge on any atom is 0.0624 e. The first-order chi connectivity index (χ1) is 8.24. The van der Waals surface area contributed by atoms with Gasteiger partial charge >= 0.3 is 0 Å². The summed E-state index contributed by atoms with van der Waals surface area (Å²) < 4.78 is 2.09. The van der Waals surface area contributed by atoms with E-state index in [-0.39, 0.29) is 0 Å². The SMILES string of the molecule is CCc1cc(CC(CCSC)NN)n(CC)n1. The van der Waals surface area contributed by atoms with Gasteiger partial charge in [0.1, 0.15) is 0 Å². The van der Waals surface area contributed by atoms with E-state index in [0.717, 1.165) is 31.6 Å². The molecule has 1 unspecified atom stereocenters. The Morgan fingerprint density at radius 3 is 2.82 bits per heavy atom. The molecule has 1 atom stereocenters. The molecule has 4 nitrogen and oxygen atoms in total. The van der Waals surface area contributed by atoms with E-state index in [4.69, 9.17) is 5.84 Å². The number of nitrogens with two attached hydrogens (primary N) is 1. The molecule has 17 heavy (non-hydrogen) atoms. The summed E-state index contributed by atoms with van der Waals surface area (Å²) in [5.74, 6) is 6.74. The molecule has 1 heterocycles. The summed E-state index contributed by atoms with van der Waals surface area (Å²) in [5.41, 5.74) is 5.36. The van der Waals surface area contributed by atoms with E-state index in [0.29, 0.717) is 6.04 Å². The van der Waals surface area contributed by atoms with Gasteiger partial charge in [-0.1, -0.05) is 6.92 Å². The highest BCUT2D eigenvalue weighted by Crippen LogP contribution is 2.11. The second-order valence-corrected chi connectivity index (χ2v) is 5.13. The second kappa shape index (κ2) is 7.74. The Bertz CT molecular complexity index is 324. The van der Waals surface area contributed by atoms with Gasteiger partial charge in [-0.25, -0.2) is 0 Å². The maximum absolute atomic E-state index is 5.60. The molecule has 0 amide bonds. The summed E-state index contributed by atoms with van der Waals surface area (Å²) in [5, 5.41) is 4.56. The molecule has 1 rings (SSSR count). The van der Waals surface area contributed by atoms with Crippen LogP contribution in [0.2, 0.25) is 0 Å². The fraction of sp³-hybridized carbons (Fsp3) is 0.750. The molecular weight excluding hydrogens is 232 g/mol. The van der Waals surface area contributed by atoms with Crippen LogP contribution in [0, 0.1) is 0 Å². The zero-order valence-corrected chi connectivity index (χ0v) is 11.9. The van der Waals surface area contributed by atoms with Crippen molar-refractivity contribution in [3.05, 3.63) is 17.5 Å². The van der Waals surface area contributed by atoms with E-state index in [9.17, 15) is 0 Å². The lowest BCUT2D eigenvalue weighted by Crippen LogP contribution is -2.37. The van der Waals surface area contributed by atoms with Crippen LogP contribution in [0.5, 0.6) is 0 Å². The summed E-state index contributed by atoms with van der Waals surface area (Å²) in [6.07, 6.45) is 5.16. The molecule has 0 aliphatic heterocycles. The van der Waals surface area contributed by atoms with Gasteiger partial charge in [-0.2, -0.15) is 16.9 Å². The average molecular weight is 256 g/mol. The topological polar surface area (TPSA) is 55.9 Å². The number of thioether (sulfide) groups is 1. The van der Waals surface area contributed by atoms with Crippen LogP contribution in [0.15, 0.2) is 6.07 Å². The fourth-order valence-electron chi connectivity index (χ4n) is 1.88. The molecule has 98 valence electrons. The van der Waals surface area contributed by atoms with Gasteiger partial charge in [0.25, 0.3) is 0 Å². The smallest absolute Gasteiger partial charge is 0.0624 e. The third kappa shape index (κ3) is 4.33. The summed E-state index contributed by atoms with van der Waals surface area (Å²) in [6.45, 7) is 5.19. The first-order valence-corrected chi connectivity index (χ1v) is 7.65. The van der Waals surface area contributed by atoms with Crippen molar-refractivity contribution in [3.8, 4) is 0 Å². The monoisotopic (exact) mass is 256 g/mol. The van der Waals surface area contributed by atoms with Crippen LogP contribution in [0.3, 0.4) is 0 Å². The highest BCUT2D eigenvalue weighted by Gasteiger charge is 2.12. The van der Waals surface area contributed by atoms with Gasteiger partial charge in [0.05, 0.1) is 5.69 Å². The number of nitrogens with one attached hydrogen (secondary N) is 1. The second-order valence-electron chi connectivity index (χ2n) is 4.15. The molecule has 0 aromatic carbocycles. The van der Waals surface area contributed by atoms with Crippen molar-refractivity contribution < 1.29 is 0 Å². The third-order valence-corrected chi connectivity index (χ3v) is 3.58. The molecule has 0 saturated carbocycles. The lowest BCUT2D eigenvalue weighted by molar-refractivity contribution is 0.489. The molecule has 0 aliphatic rings. The molecule has 3 N–H and O–H groups in total. The van der Waals surface area contributed by atoms with E-state index in [1.54, 1.807) is 0 Å². The van der Waals surface area contributed by atoms with Crippen LogP contribution >= 0.6 is 11.8 Å².